The van der Waals surface area contributed by atoms with Crippen molar-refractivity contribution in [1.82, 2.24) is 15.0 Å². The molecule has 188 valence electrons. The highest BCUT2D eigenvalue weighted by atomic mass is 32.2. The number of aromatic nitrogens is 3. The van der Waals surface area contributed by atoms with E-state index in [0.717, 1.165) is 27.9 Å². The number of hydrogen-bond acceptors (Lipinski definition) is 8. The number of aliphatic hydroxyl groups excluding tert-OH is 1. The topological polar surface area (TPSA) is 106 Å². The van der Waals surface area contributed by atoms with Crippen LogP contribution in [0.1, 0.15) is 27.9 Å². The molecule has 1 amide bonds. The summed E-state index contributed by atoms with van der Waals surface area (Å²) >= 11 is 1.32. The van der Waals surface area contributed by atoms with Crippen LogP contribution in [0.4, 0.5) is 5.69 Å². The number of pyridine rings is 1. The van der Waals surface area contributed by atoms with Crippen LogP contribution in [0.3, 0.4) is 0 Å². The van der Waals surface area contributed by atoms with E-state index in [2.05, 4.69) is 10.3 Å². The number of methoxy groups -OCH3 is 1. The molecule has 2 N–H and O–H groups in total. The second-order valence-corrected chi connectivity index (χ2v) is 9.62. The quantitative estimate of drug-likeness (QED) is 0.229. The summed E-state index contributed by atoms with van der Waals surface area (Å²) in [6.45, 7) is 3.74. The summed E-state index contributed by atoms with van der Waals surface area (Å²) in [7, 11) is 1.56. The monoisotopic (exact) mass is 514 g/mol. The highest BCUT2D eigenvalue weighted by molar-refractivity contribution is 8.00. The van der Waals surface area contributed by atoms with Crippen LogP contribution < -0.4 is 14.8 Å². The molecule has 2 aromatic carbocycles. The van der Waals surface area contributed by atoms with Crippen LogP contribution in [-0.4, -0.2) is 38.8 Å². The van der Waals surface area contributed by atoms with Crippen LogP contribution in [-0.2, 0) is 17.8 Å². The SMILES string of the molecule is COc1ccccc1NC(=O)CSc1nc(-c2ccc(C)cc2)nc2c1Cc1c(CO)cnc(C)c1O2. The summed E-state index contributed by atoms with van der Waals surface area (Å²) in [4.78, 5) is 26.8. The number of fused-ring (bicyclic) bond motifs is 2. The van der Waals surface area contributed by atoms with Crippen LogP contribution in [0.15, 0.2) is 59.8 Å². The maximum absolute atomic E-state index is 12.9. The normalized spacial score (nSPS) is 11.8. The first kappa shape index (κ1) is 24.7. The van der Waals surface area contributed by atoms with E-state index in [0.29, 0.717) is 45.9 Å². The van der Waals surface area contributed by atoms with Crippen molar-refractivity contribution in [3.8, 4) is 28.8 Å². The predicted molar refractivity (Wildman–Crippen MR) is 142 cm³/mol. The Morgan fingerprint density at radius 1 is 1.11 bits per heavy atom. The first-order valence-electron chi connectivity index (χ1n) is 11.8. The molecular weight excluding hydrogens is 488 g/mol. The highest BCUT2D eigenvalue weighted by Gasteiger charge is 2.28. The van der Waals surface area contributed by atoms with Gasteiger partial charge in [0.15, 0.2) is 11.6 Å². The van der Waals surface area contributed by atoms with Crippen LogP contribution in [0.25, 0.3) is 11.4 Å². The molecule has 0 radical (unpaired) electrons. The van der Waals surface area contributed by atoms with Crippen molar-refractivity contribution >= 4 is 23.4 Å². The zero-order valence-corrected chi connectivity index (χ0v) is 21.6. The Hall–Kier alpha value is -3.95. The van der Waals surface area contributed by atoms with Crippen molar-refractivity contribution in [3.05, 3.63) is 82.7 Å². The second kappa shape index (κ2) is 10.6. The molecular formula is C28H26N4O4S. The molecule has 0 saturated carbocycles. The van der Waals surface area contributed by atoms with Gasteiger partial charge in [-0.15, -0.1) is 0 Å². The largest absolute Gasteiger partial charge is 0.495 e. The van der Waals surface area contributed by atoms with Gasteiger partial charge in [0.05, 0.1) is 36.4 Å². The van der Waals surface area contributed by atoms with Crippen molar-refractivity contribution in [2.75, 3.05) is 18.2 Å². The molecule has 0 unspecified atom stereocenters. The third-order valence-corrected chi connectivity index (χ3v) is 7.11. The number of aryl methyl sites for hydroxylation is 2. The van der Waals surface area contributed by atoms with Crippen molar-refractivity contribution in [3.63, 3.8) is 0 Å². The minimum atomic E-state index is -0.188. The van der Waals surface area contributed by atoms with E-state index in [1.807, 2.05) is 50.2 Å². The van der Waals surface area contributed by atoms with Gasteiger partial charge >= 0.3 is 0 Å². The average Bonchev–Trinajstić information content (AvgIpc) is 2.92. The average molecular weight is 515 g/mol. The van der Waals surface area contributed by atoms with Crippen molar-refractivity contribution < 1.29 is 19.4 Å². The van der Waals surface area contributed by atoms with Gasteiger partial charge in [-0.25, -0.2) is 4.98 Å². The Kier molecular flexibility index (Phi) is 7.07. The van der Waals surface area contributed by atoms with Gasteiger partial charge in [0.25, 0.3) is 0 Å². The Bertz CT molecular complexity index is 1470. The number of para-hydroxylation sites is 2. The molecule has 37 heavy (non-hydrogen) atoms. The fourth-order valence-electron chi connectivity index (χ4n) is 4.11. The van der Waals surface area contributed by atoms with Crippen molar-refractivity contribution in [2.45, 2.75) is 31.9 Å². The Morgan fingerprint density at radius 3 is 2.65 bits per heavy atom. The van der Waals surface area contributed by atoms with E-state index in [9.17, 15) is 9.90 Å². The van der Waals surface area contributed by atoms with E-state index in [1.165, 1.54) is 11.8 Å². The van der Waals surface area contributed by atoms with E-state index >= 15 is 0 Å². The van der Waals surface area contributed by atoms with Crippen LogP contribution in [0, 0.1) is 13.8 Å². The van der Waals surface area contributed by atoms with Crippen LogP contribution in [0.2, 0.25) is 0 Å². The zero-order chi connectivity index (χ0) is 25.9. The number of hydrogen-bond donors (Lipinski definition) is 2. The number of nitrogens with one attached hydrogen (secondary N) is 1. The molecule has 8 nitrogen and oxygen atoms in total. The summed E-state index contributed by atoms with van der Waals surface area (Å²) in [5, 5.41) is 13.4. The Morgan fingerprint density at radius 2 is 1.89 bits per heavy atom. The molecule has 4 aromatic rings. The van der Waals surface area contributed by atoms with E-state index < -0.39 is 0 Å². The number of aliphatic hydroxyl groups is 1. The standard InChI is InChI=1S/C28H26N4O4S/c1-16-8-10-18(11-9-16)26-31-27-21(12-20-19(14-33)13-29-17(2)25(20)36-27)28(32-26)37-15-24(34)30-22-6-4-5-7-23(22)35-3/h4-11,13,33H,12,14-15H2,1-3H3,(H,30,34). The van der Waals surface area contributed by atoms with Gasteiger partial charge in [0, 0.05) is 29.3 Å². The number of anilines is 1. The van der Waals surface area contributed by atoms with Crippen LogP contribution >= 0.6 is 11.8 Å². The number of ether oxygens (including phenoxy) is 2. The molecule has 5 rings (SSSR count). The Balaban J connectivity index is 1.49. The number of thioether (sulfide) groups is 1. The van der Waals surface area contributed by atoms with E-state index in [1.54, 1.807) is 25.4 Å². The zero-order valence-electron chi connectivity index (χ0n) is 20.7. The molecule has 2 aromatic heterocycles. The summed E-state index contributed by atoms with van der Waals surface area (Å²) in [5.41, 5.74) is 5.63. The van der Waals surface area contributed by atoms with Gasteiger partial charge in [-0.05, 0) is 26.0 Å². The lowest BCUT2D eigenvalue weighted by atomic mass is 9.99. The number of carbonyl (C=O) groups excluding carboxylic acids is 1. The minimum absolute atomic E-state index is 0.129. The van der Waals surface area contributed by atoms with Gasteiger partial charge < -0.3 is 19.9 Å². The summed E-state index contributed by atoms with van der Waals surface area (Å²) in [6.07, 6.45) is 2.13. The molecule has 0 saturated heterocycles. The molecule has 3 heterocycles. The third kappa shape index (κ3) is 5.14. The van der Waals surface area contributed by atoms with Gasteiger partial charge in [-0.2, -0.15) is 4.98 Å². The summed E-state index contributed by atoms with van der Waals surface area (Å²) in [5.74, 6) is 2.09. The van der Waals surface area contributed by atoms with Gasteiger partial charge in [-0.3, -0.25) is 9.78 Å². The Labute approximate surface area is 219 Å². The highest BCUT2D eigenvalue weighted by Crippen LogP contribution is 2.42. The summed E-state index contributed by atoms with van der Waals surface area (Å²) in [6, 6.07) is 15.2. The first-order valence-corrected chi connectivity index (χ1v) is 12.7. The molecule has 0 spiro atoms. The fourth-order valence-corrected chi connectivity index (χ4v) is 4.94. The molecule has 0 aliphatic carbocycles. The first-order chi connectivity index (χ1) is 18.0. The lowest BCUT2D eigenvalue weighted by Crippen LogP contribution is -2.16. The van der Waals surface area contributed by atoms with Gasteiger partial charge in [0.1, 0.15) is 10.8 Å². The number of amides is 1. The van der Waals surface area contributed by atoms with E-state index in [4.69, 9.17) is 19.4 Å². The molecule has 0 fully saturated rings. The fraction of sp³-hybridized carbons (Fsp3) is 0.214. The number of carbonyl (C=O) groups is 1. The molecule has 1 aliphatic heterocycles. The maximum Gasteiger partial charge on any atom is 0.234 e. The maximum atomic E-state index is 12.9. The third-order valence-electron chi connectivity index (χ3n) is 6.09. The minimum Gasteiger partial charge on any atom is -0.495 e. The predicted octanol–water partition coefficient (Wildman–Crippen LogP) is 5.08. The van der Waals surface area contributed by atoms with Gasteiger partial charge in [0.2, 0.25) is 11.8 Å². The van der Waals surface area contributed by atoms with Crippen LogP contribution in [0.5, 0.6) is 17.4 Å². The lowest BCUT2D eigenvalue weighted by Gasteiger charge is -2.24. The van der Waals surface area contributed by atoms with Crippen molar-refractivity contribution in [1.29, 1.82) is 0 Å². The molecule has 0 atom stereocenters. The summed E-state index contributed by atoms with van der Waals surface area (Å²) < 4.78 is 11.6. The molecule has 9 heteroatoms. The second-order valence-electron chi connectivity index (χ2n) is 8.65. The lowest BCUT2D eigenvalue weighted by molar-refractivity contribution is -0.113. The number of benzene rings is 2. The van der Waals surface area contributed by atoms with E-state index in [-0.39, 0.29) is 18.3 Å². The smallest absolute Gasteiger partial charge is 0.234 e. The molecule has 1 aliphatic rings. The number of rotatable bonds is 7. The van der Waals surface area contributed by atoms with Crippen molar-refractivity contribution in [2.24, 2.45) is 0 Å². The van der Waals surface area contributed by atoms with Gasteiger partial charge in [-0.1, -0.05) is 53.7 Å². The molecule has 0 bridgehead atoms. The number of nitrogens with zero attached hydrogens (tertiary/aromatic N) is 3.